The fraction of sp³-hybridized carbons (Fsp3) is 0.227. The van der Waals surface area contributed by atoms with Gasteiger partial charge in [-0.2, -0.15) is 0 Å². The number of nitrogens with one attached hydrogen (secondary N) is 2. The smallest absolute Gasteiger partial charge is 0.293 e. The number of hydrogen-bond donors (Lipinski definition) is 2. The summed E-state index contributed by atoms with van der Waals surface area (Å²) in [7, 11) is 0. The molecule has 0 aliphatic carbocycles. The van der Waals surface area contributed by atoms with Crippen LogP contribution in [0.4, 0.5) is 11.4 Å². The molecule has 1 fully saturated rings. The highest BCUT2D eigenvalue weighted by molar-refractivity contribution is 5.87. The van der Waals surface area contributed by atoms with Crippen LogP contribution in [0.1, 0.15) is 24.6 Å². The lowest BCUT2D eigenvalue weighted by molar-refractivity contribution is -0.384. The third-order valence-electron chi connectivity index (χ3n) is 5.76. The molecule has 1 aliphatic heterocycles. The Morgan fingerprint density at radius 3 is 2.81 bits per heavy atom. The molecule has 2 aromatic carbocycles. The summed E-state index contributed by atoms with van der Waals surface area (Å²) in [5.74, 6) is 0.996. The van der Waals surface area contributed by atoms with Gasteiger partial charge in [0, 0.05) is 25.1 Å². The molecular weight excluding hydrogens is 396 g/mol. The van der Waals surface area contributed by atoms with Gasteiger partial charge in [0.25, 0.3) is 11.2 Å². The monoisotopic (exact) mass is 416 g/mol. The first kappa shape index (κ1) is 19.0. The molecule has 1 unspecified atom stereocenters. The molecule has 4 aromatic rings. The molecular formula is C22H20N6O3. The lowest BCUT2D eigenvalue weighted by Gasteiger charge is -2.33. The summed E-state index contributed by atoms with van der Waals surface area (Å²) in [6.45, 7) is 1.29. The molecule has 3 heterocycles. The molecule has 2 N–H and O–H groups in total. The summed E-state index contributed by atoms with van der Waals surface area (Å²) >= 11 is 0. The third-order valence-corrected chi connectivity index (χ3v) is 5.76. The van der Waals surface area contributed by atoms with Crippen molar-refractivity contribution < 1.29 is 4.92 Å². The molecule has 31 heavy (non-hydrogen) atoms. The molecule has 0 radical (unpaired) electrons. The fourth-order valence-electron chi connectivity index (χ4n) is 4.22. The molecule has 2 aromatic heterocycles. The molecule has 0 amide bonds. The Hall–Kier alpha value is -4.01. The Balaban J connectivity index is 1.48. The summed E-state index contributed by atoms with van der Waals surface area (Å²) in [5.41, 5.74) is 2.46. The lowest BCUT2D eigenvalue weighted by Crippen LogP contribution is -2.35. The Labute approximate surface area is 176 Å². The normalized spacial score (nSPS) is 16.5. The van der Waals surface area contributed by atoms with Crippen molar-refractivity contribution in [2.24, 2.45) is 0 Å². The quantitative estimate of drug-likeness (QED) is 0.387. The lowest BCUT2D eigenvalue weighted by atomic mass is 9.96. The SMILES string of the molecule is O=c1[nH]cnc2cc(N3CCCC(c4ncc(-c5ccccc5)[nH]4)C3)c([N+](=O)[O-])cc12. The van der Waals surface area contributed by atoms with Crippen LogP contribution in [0.25, 0.3) is 22.2 Å². The summed E-state index contributed by atoms with van der Waals surface area (Å²) in [4.78, 5) is 40.0. The minimum atomic E-state index is -0.439. The molecule has 0 bridgehead atoms. The van der Waals surface area contributed by atoms with Crippen LogP contribution in [-0.2, 0) is 0 Å². The molecule has 9 heteroatoms. The number of anilines is 1. The van der Waals surface area contributed by atoms with Gasteiger partial charge in [-0.25, -0.2) is 9.97 Å². The number of rotatable bonds is 4. The van der Waals surface area contributed by atoms with Crippen LogP contribution >= 0.6 is 0 Å². The van der Waals surface area contributed by atoms with Gasteiger partial charge in [0.05, 0.1) is 34.0 Å². The topological polar surface area (TPSA) is 121 Å². The van der Waals surface area contributed by atoms with Crippen molar-refractivity contribution in [2.45, 2.75) is 18.8 Å². The van der Waals surface area contributed by atoms with Gasteiger partial charge < -0.3 is 14.9 Å². The Kier molecular flexibility index (Phi) is 4.70. The largest absolute Gasteiger partial charge is 0.365 e. The van der Waals surface area contributed by atoms with Gasteiger partial charge in [0.1, 0.15) is 11.5 Å². The third kappa shape index (κ3) is 3.54. The molecule has 1 aliphatic rings. The van der Waals surface area contributed by atoms with Gasteiger partial charge in [-0.15, -0.1) is 0 Å². The van der Waals surface area contributed by atoms with Crippen molar-refractivity contribution >= 4 is 22.3 Å². The molecule has 1 atom stereocenters. The van der Waals surface area contributed by atoms with E-state index in [-0.39, 0.29) is 22.6 Å². The van der Waals surface area contributed by atoms with E-state index in [9.17, 15) is 14.9 Å². The minimum absolute atomic E-state index is 0.0870. The van der Waals surface area contributed by atoms with Crippen LogP contribution < -0.4 is 10.5 Å². The first-order valence-corrected chi connectivity index (χ1v) is 10.1. The van der Waals surface area contributed by atoms with Crippen molar-refractivity contribution in [1.29, 1.82) is 0 Å². The average molecular weight is 416 g/mol. The van der Waals surface area contributed by atoms with Crippen LogP contribution in [0.2, 0.25) is 0 Å². The van der Waals surface area contributed by atoms with Gasteiger partial charge in [-0.05, 0) is 24.5 Å². The van der Waals surface area contributed by atoms with E-state index in [1.807, 2.05) is 41.4 Å². The number of imidazole rings is 1. The van der Waals surface area contributed by atoms with Gasteiger partial charge in [-0.3, -0.25) is 14.9 Å². The summed E-state index contributed by atoms with van der Waals surface area (Å²) < 4.78 is 0. The zero-order chi connectivity index (χ0) is 21.4. The van der Waals surface area contributed by atoms with E-state index in [1.54, 1.807) is 6.07 Å². The van der Waals surface area contributed by atoms with Crippen LogP contribution in [0, 0.1) is 10.1 Å². The number of hydrogen-bond acceptors (Lipinski definition) is 6. The van der Waals surface area contributed by atoms with Crippen LogP contribution in [-0.4, -0.2) is 37.9 Å². The molecule has 9 nitrogen and oxygen atoms in total. The van der Waals surface area contributed by atoms with E-state index >= 15 is 0 Å². The van der Waals surface area contributed by atoms with E-state index in [0.717, 1.165) is 29.9 Å². The molecule has 1 saturated heterocycles. The zero-order valence-electron chi connectivity index (χ0n) is 16.6. The number of fused-ring (bicyclic) bond motifs is 1. The number of nitro benzene ring substituents is 1. The number of nitrogens with zero attached hydrogens (tertiary/aromatic N) is 4. The predicted octanol–water partition coefficient (Wildman–Crippen LogP) is 3.61. The average Bonchev–Trinajstić information content (AvgIpc) is 3.30. The Bertz CT molecular complexity index is 1310. The van der Waals surface area contributed by atoms with E-state index in [1.165, 1.54) is 12.4 Å². The molecule has 156 valence electrons. The minimum Gasteiger partial charge on any atom is -0.365 e. The highest BCUT2D eigenvalue weighted by Crippen LogP contribution is 2.36. The maximum Gasteiger partial charge on any atom is 0.293 e. The summed E-state index contributed by atoms with van der Waals surface area (Å²) in [6.07, 6.45) is 4.97. The van der Waals surface area contributed by atoms with E-state index in [0.29, 0.717) is 24.3 Å². The van der Waals surface area contributed by atoms with E-state index in [4.69, 9.17) is 0 Å². The number of nitro groups is 1. The summed E-state index contributed by atoms with van der Waals surface area (Å²) in [5, 5.41) is 12.0. The highest BCUT2D eigenvalue weighted by atomic mass is 16.6. The van der Waals surface area contributed by atoms with Gasteiger partial charge in [-0.1, -0.05) is 30.3 Å². The second kappa shape index (κ2) is 7.67. The molecule has 0 spiro atoms. The number of H-pyrrole nitrogens is 2. The number of aromatic nitrogens is 4. The standard InChI is InChI=1S/C22H20N6O3/c29-22-16-9-20(28(30)31)19(10-17(16)24-13-25-22)27-8-4-7-15(12-27)21-23-11-18(26-21)14-5-2-1-3-6-14/h1-3,5-6,9-11,13,15H,4,7-8,12H2,(H,23,26)(H,24,25,29). The molecule has 0 saturated carbocycles. The van der Waals surface area contributed by atoms with Crippen molar-refractivity contribution in [3.63, 3.8) is 0 Å². The zero-order valence-corrected chi connectivity index (χ0v) is 16.6. The number of piperidine rings is 1. The Morgan fingerprint density at radius 2 is 2.00 bits per heavy atom. The second-order valence-electron chi connectivity index (χ2n) is 7.68. The Morgan fingerprint density at radius 1 is 1.16 bits per heavy atom. The second-order valence-corrected chi connectivity index (χ2v) is 7.68. The summed E-state index contributed by atoms with van der Waals surface area (Å²) in [6, 6.07) is 12.9. The van der Waals surface area contributed by atoms with E-state index in [2.05, 4.69) is 19.9 Å². The van der Waals surface area contributed by atoms with Gasteiger partial charge in [0.2, 0.25) is 0 Å². The number of aromatic amines is 2. The van der Waals surface area contributed by atoms with Crippen molar-refractivity contribution in [3.8, 4) is 11.3 Å². The van der Waals surface area contributed by atoms with Crippen molar-refractivity contribution in [3.05, 3.63) is 81.3 Å². The van der Waals surface area contributed by atoms with Gasteiger partial charge >= 0.3 is 0 Å². The highest BCUT2D eigenvalue weighted by Gasteiger charge is 2.29. The van der Waals surface area contributed by atoms with E-state index < -0.39 is 4.92 Å². The van der Waals surface area contributed by atoms with Crippen LogP contribution in [0.3, 0.4) is 0 Å². The maximum absolute atomic E-state index is 12.1. The van der Waals surface area contributed by atoms with Crippen molar-refractivity contribution in [1.82, 2.24) is 19.9 Å². The predicted molar refractivity (Wildman–Crippen MR) is 117 cm³/mol. The maximum atomic E-state index is 12.1. The first-order chi connectivity index (χ1) is 15.1. The van der Waals surface area contributed by atoms with Crippen molar-refractivity contribution in [2.75, 3.05) is 18.0 Å². The number of benzene rings is 2. The fourth-order valence-corrected chi connectivity index (χ4v) is 4.22. The first-order valence-electron chi connectivity index (χ1n) is 10.1. The molecule has 5 rings (SSSR count). The van der Waals surface area contributed by atoms with Gasteiger partial charge in [0.15, 0.2) is 0 Å². The van der Waals surface area contributed by atoms with Crippen LogP contribution in [0.5, 0.6) is 0 Å². The van der Waals surface area contributed by atoms with Crippen LogP contribution in [0.15, 0.2) is 59.8 Å².